The van der Waals surface area contributed by atoms with Gasteiger partial charge >= 0.3 is 0 Å². The first-order valence-electron chi connectivity index (χ1n) is 6.49. The zero-order valence-corrected chi connectivity index (χ0v) is 11.6. The second-order valence-corrected chi connectivity index (χ2v) is 4.66. The predicted octanol–water partition coefficient (Wildman–Crippen LogP) is 2.62. The fourth-order valence-electron chi connectivity index (χ4n) is 1.86. The Bertz CT molecular complexity index is 541. The van der Waals surface area contributed by atoms with Crippen LogP contribution in [0.2, 0.25) is 0 Å². The molecule has 0 unspecified atom stereocenters. The molecule has 1 N–H and O–H groups in total. The number of ether oxygens (including phenoxy) is 2. The Balaban J connectivity index is 2.13. The molecule has 1 heterocycles. The molecule has 0 aliphatic rings. The van der Waals surface area contributed by atoms with Gasteiger partial charge in [0.05, 0.1) is 7.11 Å². The number of rotatable bonds is 6. The average Bonchev–Trinajstić information content (AvgIpc) is 2.43. The van der Waals surface area contributed by atoms with E-state index in [1.165, 1.54) is 0 Å². The van der Waals surface area contributed by atoms with Gasteiger partial charge < -0.3 is 14.8 Å². The molecule has 0 bridgehead atoms. The Morgan fingerprint density at radius 3 is 2.84 bits per heavy atom. The maximum Gasteiger partial charge on any atom is 0.221 e. The van der Waals surface area contributed by atoms with Gasteiger partial charge in [0.25, 0.3) is 0 Å². The molecule has 0 aliphatic carbocycles. The number of nitrogens with one attached hydrogen (secondary N) is 1. The molecule has 2 aromatic rings. The smallest absolute Gasteiger partial charge is 0.221 e. The minimum atomic E-state index is 0.462. The van der Waals surface area contributed by atoms with E-state index in [-0.39, 0.29) is 0 Å². The number of aromatic nitrogens is 1. The first-order chi connectivity index (χ1) is 9.20. The van der Waals surface area contributed by atoms with Gasteiger partial charge in [-0.2, -0.15) is 0 Å². The molecule has 0 spiro atoms. The fraction of sp³-hybridized carbons (Fsp3) is 0.400. The van der Waals surface area contributed by atoms with E-state index in [0.717, 1.165) is 23.1 Å². The molecule has 4 nitrogen and oxygen atoms in total. The average molecular weight is 260 g/mol. The summed E-state index contributed by atoms with van der Waals surface area (Å²) in [5.41, 5.74) is 0. The Morgan fingerprint density at radius 1 is 1.26 bits per heavy atom. The molecule has 1 aromatic carbocycles. The molecule has 0 radical (unpaired) electrons. The topological polar surface area (TPSA) is 43.4 Å². The standard InChI is InChI=1S/C15H20N2O2/c1-11(2)16-8-9-19-15-14-10-13(18-3)5-4-12(14)6-7-17-15/h4-7,10-11,16H,8-9H2,1-3H3. The van der Waals surface area contributed by atoms with Crippen molar-refractivity contribution in [1.29, 1.82) is 0 Å². The van der Waals surface area contributed by atoms with Gasteiger partial charge in [0, 0.05) is 24.2 Å². The van der Waals surface area contributed by atoms with Crippen molar-refractivity contribution in [2.45, 2.75) is 19.9 Å². The van der Waals surface area contributed by atoms with Crippen LogP contribution in [0, 0.1) is 0 Å². The lowest BCUT2D eigenvalue weighted by molar-refractivity contribution is 0.301. The summed E-state index contributed by atoms with van der Waals surface area (Å²) in [7, 11) is 1.66. The number of benzene rings is 1. The summed E-state index contributed by atoms with van der Waals surface area (Å²) < 4.78 is 11.0. The second kappa shape index (κ2) is 6.38. The highest BCUT2D eigenvalue weighted by Gasteiger charge is 2.05. The third-order valence-corrected chi connectivity index (χ3v) is 2.83. The summed E-state index contributed by atoms with van der Waals surface area (Å²) >= 11 is 0. The van der Waals surface area contributed by atoms with E-state index in [1.54, 1.807) is 13.3 Å². The Labute approximate surface area is 113 Å². The molecule has 0 saturated heterocycles. The van der Waals surface area contributed by atoms with Crippen LogP contribution in [0.3, 0.4) is 0 Å². The maximum atomic E-state index is 5.74. The number of hydrogen-bond acceptors (Lipinski definition) is 4. The van der Waals surface area contributed by atoms with E-state index < -0.39 is 0 Å². The highest BCUT2D eigenvalue weighted by Crippen LogP contribution is 2.26. The zero-order chi connectivity index (χ0) is 13.7. The van der Waals surface area contributed by atoms with Gasteiger partial charge in [-0.15, -0.1) is 0 Å². The van der Waals surface area contributed by atoms with Crippen LogP contribution in [-0.2, 0) is 0 Å². The van der Waals surface area contributed by atoms with Crippen LogP contribution in [-0.4, -0.2) is 31.3 Å². The summed E-state index contributed by atoms with van der Waals surface area (Å²) in [5, 5.41) is 5.39. The fourth-order valence-corrected chi connectivity index (χ4v) is 1.86. The predicted molar refractivity (Wildman–Crippen MR) is 76.9 cm³/mol. The minimum Gasteiger partial charge on any atom is -0.497 e. The van der Waals surface area contributed by atoms with Crippen molar-refractivity contribution in [3.05, 3.63) is 30.5 Å². The number of nitrogens with zero attached hydrogens (tertiary/aromatic N) is 1. The number of fused-ring (bicyclic) bond motifs is 1. The Hall–Kier alpha value is -1.81. The molecule has 4 heteroatoms. The van der Waals surface area contributed by atoms with E-state index in [4.69, 9.17) is 9.47 Å². The monoisotopic (exact) mass is 260 g/mol. The quantitative estimate of drug-likeness (QED) is 0.811. The Kier molecular flexibility index (Phi) is 4.58. The SMILES string of the molecule is COc1ccc2ccnc(OCCNC(C)C)c2c1. The van der Waals surface area contributed by atoms with Gasteiger partial charge in [0.2, 0.25) is 5.88 Å². The summed E-state index contributed by atoms with van der Waals surface area (Å²) in [6.45, 7) is 5.63. The summed E-state index contributed by atoms with van der Waals surface area (Å²) in [5.74, 6) is 1.47. The molecular weight excluding hydrogens is 240 g/mol. The highest BCUT2D eigenvalue weighted by molar-refractivity contribution is 5.87. The molecule has 0 fully saturated rings. The van der Waals surface area contributed by atoms with Gasteiger partial charge in [-0.3, -0.25) is 0 Å². The van der Waals surface area contributed by atoms with Gasteiger partial charge in [0.1, 0.15) is 12.4 Å². The van der Waals surface area contributed by atoms with Crippen LogP contribution >= 0.6 is 0 Å². The highest BCUT2D eigenvalue weighted by atomic mass is 16.5. The number of pyridine rings is 1. The lowest BCUT2D eigenvalue weighted by atomic mass is 10.1. The zero-order valence-electron chi connectivity index (χ0n) is 11.6. The lowest BCUT2D eigenvalue weighted by Gasteiger charge is -2.11. The number of methoxy groups -OCH3 is 1. The van der Waals surface area contributed by atoms with E-state index in [2.05, 4.69) is 24.1 Å². The van der Waals surface area contributed by atoms with Crippen molar-refractivity contribution in [3.8, 4) is 11.6 Å². The second-order valence-electron chi connectivity index (χ2n) is 4.66. The molecule has 102 valence electrons. The van der Waals surface area contributed by atoms with E-state index >= 15 is 0 Å². The molecular formula is C15H20N2O2. The van der Waals surface area contributed by atoms with Crippen molar-refractivity contribution < 1.29 is 9.47 Å². The van der Waals surface area contributed by atoms with Crippen molar-refractivity contribution in [1.82, 2.24) is 10.3 Å². The summed E-state index contributed by atoms with van der Waals surface area (Å²) in [6, 6.07) is 8.33. The van der Waals surface area contributed by atoms with Gasteiger partial charge in [0.15, 0.2) is 0 Å². The molecule has 0 amide bonds. The first-order valence-corrected chi connectivity index (χ1v) is 6.49. The summed E-state index contributed by atoms with van der Waals surface area (Å²) in [6.07, 6.45) is 1.76. The van der Waals surface area contributed by atoms with E-state index in [0.29, 0.717) is 18.5 Å². The molecule has 0 saturated carbocycles. The van der Waals surface area contributed by atoms with Crippen molar-refractivity contribution >= 4 is 10.8 Å². The third kappa shape index (κ3) is 3.58. The lowest BCUT2D eigenvalue weighted by Crippen LogP contribution is -2.27. The summed E-state index contributed by atoms with van der Waals surface area (Å²) in [4.78, 5) is 4.29. The normalized spacial score (nSPS) is 10.9. The molecule has 0 aliphatic heterocycles. The van der Waals surface area contributed by atoms with Crippen molar-refractivity contribution in [3.63, 3.8) is 0 Å². The van der Waals surface area contributed by atoms with Crippen molar-refractivity contribution in [2.24, 2.45) is 0 Å². The van der Waals surface area contributed by atoms with Crippen LogP contribution in [0.25, 0.3) is 10.8 Å². The van der Waals surface area contributed by atoms with Crippen LogP contribution in [0.15, 0.2) is 30.5 Å². The molecule has 19 heavy (non-hydrogen) atoms. The van der Waals surface area contributed by atoms with Crippen LogP contribution < -0.4 is 14.8 Å². The van der Waals surface area contributed by atoms with Gasteiger partial charge in [-0.05, 0) is 23.6 Å². The Morgan fingerprint density at radius 2 is 2.11 bits per heavy atom. The third-order valence-electron chi connectivity index (χ3n) is 2.83. The minimum absolute atomic E-state index is 0.462. The van der Waals surface area contributed by atoms with Gasteiger partial charge in [-0.25, -0.2) is 4.98 Å². The van der Waals surface area contributed by atoms with E-state index in [1.807, 2.05) is 24.3 Å². The first kappa shape index (κ1) is 13.6. The van der Waals surface area contributed by atoms with Crippen molar-refractivity contribution in [2.75, 3.05) is 20.3 Å². The molecule has 2 rings (SSSR count). The van der Waals surface area contributed by atoms with Gasteiger partial charge in [-0.1, -0.05) is 19.9 Å². The maximum absolute atomic E-state index is 5.74. The van der Waals surface area contributed by atoms with Crippen LogP contribution in [0.1, 0.15) is 13.8 Å². The largest absolute Gasteiger partial charge is 0.497 e. The molecule has 1 aromatic heterocycles. The van der Waals surface area contributed by atoms with Crippen LogP contribution in [0.4, 0.5) is 0 Å². The van der Waals surface area contributed by atoms with E-state index in [9.17, 15) is 0 Å². The molecule has 0 atom stereocenters. The van der Waals surface area contributed by atoms with Crippen LogP contribution in [0.5, 0.6) is 11.6 Å². The number of hydrogen-bond donors (Lipinski definition) is 1.